The molecule has 0 saturated heterocycles. The van der Waals surface area contributed by atoms with Gasteiger partial charge in [-0.1, -0.05) is 244 Å². The molecule has 1 atom stereocenters. The predicted octanol–water partition coefficient (Wildman–Crippen LogP) is 19.6. The zero-order valence-electron chi connectivity index (χ0n) is 46.1. The molecule has 1 unspecified atom stereocenters. The number of esters is 3. The molecule has 404 valence electrons. The van der Waals surface area contributed by atoms with Crippen LogP contribution < -0.4 is 0 Å². The SMILES string of the molecule is CC/C=C\C/C=C\C/C=C\C/C=C\C/C=C\C/C=C\CCC(=O)OCC(COC(=O)CCC/C=C\C/C=C\C/C=C\CCCCCCCC)OC(=O)CCCCCCC\C=C/C=C\C=C/CCCCCCC. The van der Waals surface area contributed by atoms with E-state index in [0.717, 1.165) is 103 Å². The standard InChI is InChI=1S/C66H104O6/c1-4-7-10-13-16-19-22-25-28-31-33-36-38-41-44-47-50-53-56-59-65(68)71-62-63(61-70-64(67)58-55-52-49-46-43-40-37-34-30-27-24-21-18-15-12-9-6-3)72-66(69)60-57-54-51-48-45-42-39-35-32-29-26-23-20-17-14-11-8-5-2/h7,10,16,19,23,25-30,32-33,35-37,39-41,44,46,49-50,53,63H,4-6,8-9,11-15,17-18,20-22,24,31,34,38,42-43,45,47-48,51-52,54-62H2,1-3H3/b10-7-,19-16-,26-23-,28-25-,30-27-,32-29-,36-33-,39-35-,40-37-,44-41-,49-46-,53-50-. The van der Waals surface area contributed by atoms with Gasteiger partial charge in [0.1, 0.15) is 13.2 Å². The van der Waals surface area contributed by atoms with Gasteiger partial charge in [-0.25, -0.2) is 0 Å². The number of hydrogen-bond donors (Lipinski definition) is 0. The van der Waals surface area contributed by atoms with Crippen LogP contribution in [0.5, 0.6) is 0 Å². The second-order valence-electron chi connectivity index (χ2n) is 18.5. The van der Waals surface area contributed by atoms with Gasteiger partial charge in [-0.2, -0.15) is 0 Å². The van der Waals surface area contributed by atoms with Crippen LogP contribution in [0.15, 0.2) is 146 Å². The Kier molecular flexibility index (Phi) is 55.0. The maximum absolute atomic E-state index is 12.9. The summed E-state index contributed by atoms with van der Waals surface area (Å²) in [4.78, 5) is 38.1. The molecule has 0 aromatic rings. The van der Waals surface area contributed by atoms with E-state index in [-0.39, 0.29) is 50.4 Å². The first kappa shape index (κ1) is 67.3. The van der Waals surface area contributed by atoms with Crippen molar-refractivity contribution in [2.24, 2.45) is 0 Å². The molecule has 6 heteroatoms. The van der Waals surface area contributed by atoms with Crippen molar-refractivity contribution in [2.75, 3.05) is 13.2 Å². The Morgan fingerprint density at radius 2 is 0.639 bits per heavy atom. The molecule has 0 N–H and O–H groups in total. The lowest BCUT2D eigenvalue weighted by molar-refractivity contribution is -0.166. The number of carbonyl (C=O) groups excluding carboxylic acids is 3. The lowest BCUT2D eigenvalue weighted by Gasteiger charge is -2.18. The van der Waals surface area contributed by atoms with Crippen LogP contribution in [0.25, 0.3) is 0 Å². The molecule has 0 bridgehead atoms. The number of hydrogen-bond acceptors (Lipinski definition) is 6. The zero-order chi connectivity index (χ0) is 52.2. The maximum atomic E-state index is 12.9. The van der Waals surface area contributed by atoms with Gasteiger partial charge in [0.15, 0.2) is 6.10 Å². The fourth-order valence-corrected chi connectivity index (χ4v) is 7.31. The van der Waals surface area contributed by atoms with E-state index >= 15 is 0 Å². The van der Waals surface area contributed by atoms with Gasteiger partial charge < -0.3 is 14.2 Å². The summed E-state index contributed by atoms with van der Waals surface area (Å²) in [5, 5.41) is 0. The summed E-state index contributed by atoms with van der Waals surface area (Å²) in [6, 6.07) is 0. The summed E-state index contributed by atoms with van der Waals surface area (Å²) in [6.45, 7) is 6.36. The summed E-state index contributed by atoms with van der Waals surface area (Å²) in [5.41, 5.74) is 0. The predicted molar refractivity (Wildman–Crippen MR) is 311 cm³/mol. The number of carbonyl (C=O) groups is 3. The number of allylic oxidation sites excluding steroid dienone is 24. The van der Waals surface area contributed by atoms with Crippen LogP contribution in [0.3, 0.4) is 0 Å². The summed E-state index contributed by atoms with van der Waals surface area (Å²) in [5.74, 6) is -1.10. The quantitative estimate of drug-likeness (QED) is 0.0199. The van der Waals surface area contributed by atoms with E-state index in [1.807, 2.05) is 12.2 Å². The molecule has 0 fully saturated rings. The lowest BCUT2D eigenvalue weighted by Crippen LogP contribution is -2.30. The van der Waals surface area contributed by atoms with Crippen LogP contribution >= 0.6 is 0 Å². The van der Waals surface area contributed by atoms with Crippen molar-refractivity contribution in [3.05, 3.63) is 146 Å². The average molecular weight is 994 g/mol. The Hall–Kier alpha value is -4.71. The van der Waals surface area contributed by atoms with E-state index in [0.29, 0.717) is 12.8 Å². The normalized spacial score (nSPS) is 13.2. The van der Waals surface area contributed by atoms with E-state index in [2.05, 4.69) is 154 Å². The fraction of sp³-hybridized carbons (Fsp3) is 0.591. The molecule has 72 heavy (non-hydrogen) atoms. The minimum atomic E-state index is -0.847. The summed E-state index contributed by atoms with van der Waals surface area (Å²) in [7, 11) is 0. The van der Waals surface area contributed by atoms with Crippen molar-refractivity contribution in [3.63, 3.8) is 0 Å². The first-order chi connectivity index (χ1) is 35.5. The van der Waals surface area contributed by atoms with Crippen molar-refractivity contribution in [1.82, 2.24) is 0 Å². The molecular formula is C66H104O6. The average Bonchev–Trinajstić information content (AvgIpc) is 3.38. The highest BCUT2D eigenvalue weighted by Crippen LogP contribution is 2.12. The first-order valence-corrected chi connectivity index (χ1v) is 28.9. The summed E-state index contributed by atoms with van der Waals surface area (Å²) < 4.78 is 16.7. The van der Waals surface area contributed by atoms with E-state index in [1.54, 1.807) is 0 Å². The third-order valence-corrected chi connectivity index (χ3v) is 11.6. The van der Waals surface area contributed by atoms with Crippen LogP contribution in [0.4, 0.5) is 0 Å². The largest absolute Gasteiger partial charge is 0.462 e. The molecule has 0 aliphatic heterocycles. The molecule has 0 spiro atoms. The number of ether oxygens (including phenoxy) is 3. The summed E-state index contributed by atoms with van der Waals surface area (Å²) in [6.07, 6.45) is 84.2. The van der Waals surface area contributed by atoms with Crippen molar-refractivity contribution < 1.29 is 28.6 Å². The van der Waals surface area contributed by atoms with E-state index in [9.17, 15) is 14.4 Å². The molecule has 0 amide bonds. The van der Waals surface area contributed by atoms with Crippen LogP contribution in [-0.2, 0) is 28.6 Å². The molecule has 0 aromatic heterocycles. The molecule has 0 aliphatic carbocycles. The van der Waals surface area contributed by atoms with Crippen LogP contribution in [0.2, 0.25) is 0 Å². The molecule has 0 heterocycles. The Morgan fingerprint density at radius 3 is 1.08 bits per heavy atom. The Balaban J connectivity index is 4.64. The van der Waals surface area contributed by atoms with Crippen molar-refractivity contribution >= 4 is 17.9 Å². The van der Waals surface area contributed by atoms with Crippen LogP contribution in [-0.4, -0.2) is 37.2 Å². The monoisotopic (exact) mass is 993 g/mol. The van der Waals surface area contributed by atoms with Gasteiger partial charge in [0.05, 0.1) is 0 Å². The third-order valence-electron chi connectivity index (χ3n) is 11.6. The van der Waals surface area contributed by atoms with Crippen molar-refractivity contribution in [1.29, 1.82) is 0 Å². The third kappa shape index (κ3) is 56.2. The van der Waals surface area contributed by atoms with Gasteiger partial charge in [-0.15, -0.1) is 0 Å². The van der Waals surface area contributed by atoms with Gasteiger partial charge in [0, 0.05) is 19.3 Å². The fourth-order valence-electron chi connectivity index (χ4n) is 7.31. The highest BCUT2D eigenvalue weighted by atomic mass is 16.6. The molecule has 0 aliphatic rings. The zero-order valence-corrected chi connectivity index (χ0v) is 46.1. The van der Waals surface area contributed by atoms with Gasteiger partial charge in [-0.05, 0) is 116 Å². The minimum absolute atomic E-state index is 0.142. The molecule has 0 saturated carbocycles. The molecule has 0 aromatic carbocycles. The molecular weight excluding hydrogens is 889 g/mol. The second-order valence-corrected chi connectivity index (χ2v) is 18.5. The number of unbranched alkanes of at least 4 members (excludes halogenated alkanes) is 17. The Morgan fingerprint density at radius 1 is 0.306 bits per heavy atom. The van der Waals surface area contributed by atoms with Gasteiger partial charge >= 0.3 is 17.9 Å². The molecule has 6 nitrogen and oxygen atoms in total. The lowest BCUT2D eigenvalue weighted by atomic mass is 10.1. The number of rotatable bonds is 50. The second kappa shape index (κ2) is 58.9. The Labute approximate surface area is 442 Å². The van der Waals surface area contributed by atoms with Gasteiger partial charge in [0.25, 0.3) is 0 Å². The topological polar surface area (TPSA) is 78.9 Å². The van der Waals surface area contributed by atoms with Crippen LogP contribution in [0, 0.1) is 0 Å². The first-order valence-electron chi connectivity index (χ1n) is 28.9. The smallest absolute Gasteiger partial charge is 0.306 e. The maximum Gasteiger partial charge on any atom is 0.306 e. The van der Waals surface area contributed by atoms with E-state index in [1.165, 1.54) is 77.0 Å². The minimum Gasteiger partial charge on any atom is -0.462 e. The van der Waals surface area contributed by atoms with E-state index < -0.39 is 6.10 Å². The van der Waals surface area contributed by atoms with Crippen molar-refractivity contribution in [3.8, 4) is 0 Å². The Bertz CT molecular complexity index is 1610. The van der Waals surface area contributed by atoms with Crippen molar-refractivity contribution in [2.45, 2.75) is 239 Å². The van der Waals surface area contributed by atoms with Gasteiger partial charge in [0.2, 0.25) is 0 Å². The van der Waals surface area contributed by atoms with Gasteiger partial charge in [-0.3, -0.25) is 14.4 Å². The van der Waals surface area contributed by atoms with E-state index in [4.69, 9.17) is 14.2 Å². The summed E-state index contributed by atoms with van der Waals surface area (Å²) >= 11 is 0. The van der Waals surface area contributed by atoms with Crippen LogP contribution in [0.1, 0.15) is 233 Å². The highest BCUT2D eigenvalue weighted by Gasteiger charge is 2.19. The molecule has 0 rings (SSSR count). The highest BCUT2D eigenvalue weighted by molar-refractivity contribution is 5.71. The molecule has 0 radical (unpaired) electrons.